The van der Waals surface area contributed by atoms with Crippen LogP contribution in [0.25, 0.3) is 0 Å². The monoisotopic (exact) mass is 464 g/mol. The standard InChI is InChI=1S/C28H40N4O2/c1-7-28(5,6)13-12-26-29-30-27(32(26)22-10-11-22)24-17-31(20(4)33)16-23(24)25(34)15-21-9-8-18(2)14-19(21)3/h8-9,14,22-24H,7,10-13,15-17H2,1-6H3/t23-,24-/m0/s1. The van der Waals surface area contributed by atoms with Crippen LogP contribution in [0.3, 0.4) is 0 Å². The van der Waals surface area contributed by atoms with Crippen molar-refractivity contribution in [3.8, 4) is 0 Å². The number of rotatable bonds is 9. The fourth-order valence-electron chi connectivity index (χ4n) is 5.13. The summed E-state index contributed by atoms with van der Waals surface area (Å²) in [4.78, 5) is 27.7. The van der Waals surface area contributed by atoms with Gasteiger partial charge >= 0.3 is 0 Å². The van der Waals surface area contributed by atoms with E-state index in [1.807, 2.05) is 4.90 Å². The van der Waals surface area contributed by atoms with Crippen molar-refractivity contribution < 1.29 is 9.59 Å². The van der Waals surface area contributed by atoms with Crippen LogP contribution in [0.2, 0.25) is 0 Å². The Kier molecular flexibility index (Phi) is 6.97. The molecule has 1 saturated heterocycles. The van der Waals surface area contributed by atoms with Crippen LogP contribution in [0.15, 0.2) is 18.2 Å². The zero-order valence-corrected chi connectivity index (χ0v) is 21.7. The number of benzene rings is 1. The first kappa shape index (κ1) is 24.6. The van der Waals surface area contributed by atoms with Gasteiger partial charge in [-0.3, -0.25) is 9.59 Å². The van der Waals surface area contributed by atoms with E-state index in [2.05, 4.69) is 67.6 Å². The van der Waals surface area contributed by atoms with Gasteiger partial charge in [0.15, 0.2) is 0 Å². The predicted octanol–water partition coefficient (Wildman–Crippen LogP) is 4.97. The molecule has 0 N–H and O–H groups in total. The molecule has 2 heterocycles. The highest BCUT2D eigenvalue weighted by atomic mass is 16.2. The van der Waals surface area contributed by atoms with E-state index in [9.17, 15) is 9.59 Å². The van der Waals surface area contributed by atoms with E-state index in [0.29, 0.717) is 25.6 Å². The minimum absolute atomic E-state index is 0.0224. The van der Waals surface area contributed by atoms with Gasteiger partial charge in [-0.25, -0.2) is 0 Å². The molecule has 1 aliphatic carbocycles. The summed E-state index contributed by atoms with van der Waals surface area (Å²) in [6, 6.07) is 6.70. The molecule has 2 aliphatic rings. The van der Waals surface area contributed by atoms with Crippen LogP contribution < -0.4 is 0 Å². The van der Waals surface area contributed by atoms with Gasteiger partial charge in [-0.1, -0.05) is 51.0 Å². The summed E-state index contributed by atoms with van der Waals surface area (Å²) in [5, 5.41) is 9.30. The lowest BCUT2D eigenvalue weighted by Crippen LogP contribution is -2.28. The van der Waals surface area contributed by atoms with Crippen molar-refractivity contribution in [2.45, 2.75) is 92.0 Å². The van der Waals surface area contributed by atoms with Crippen molar-refractivity contribution >= 4 is 11.7 Å². The fourth-order valence-corrected chi connectivity index (χ4v) is 5.13. The van der Waals surface area contributed by atoms with E-state index < -0.39 is 0 Å². The Balaban J connectivity index is 1.61. The normalized spacial score (nSPS) is 20.7. The van der Waals surface area contributed by atoms with E-state index in [0.717, 1.165) is 54.9 Å². The van der Waals surface area contributed by atoms with Gasteiger partial charge in [0.1, 0.15) is 17.4 Å². The minimum Gasteiger partial charge on any atom is -0.341 e. The summed E-state index contributed by atoms with van der Waals surface area (Å²) in [7, 11) is 0. The number of Topliss-reactive ketones (excluding diaryl/α,β-unsaturated/α-hetero) is 1. The van der Waals surface area contributed by atoms with Crippen LogP contribution in [-0.4, -0.2) is 44.4 Å². The molecule has 1 aromatic heterocycles. The number of amides is 1. The number of likely N-dealkylation sites (tertiary alicyclic amines) is 1. The molecule has 6 nitrogen and oxygen atoms in total. The largest absolute Gasteiger partial charge is 0.341 e. The van der Waals surface area contributed by atoms with Gasteiger partial charge < -0.3 is 9.47 Å². The average molecular weight is 465 g/mol. The van der Waals surface area contributed by atoms with Crippen LogP contribution in [0.1, 0.15) is 93.7 Å². The molecular formula is C28H40N4O2. The van der Waals surface area contributed by atoms with Crippen LogP contribution in [0.4, 0.5) is 0 Å². The van der Waals surface area contributed by atoms with Gasteiger partial charge in [-0.05, 0) is 49.7 Å². The molecule has 1 aromatic carbocycles. The second-order valence-corrected chi connectivity index (χ2v) is 11.3. The maximum Gasteiger partial charge on any atom is 0.219 e. The first-order chi connectivity index (χ1) is 16.1. The van der Waals surface area contributed by atoms with Crippen molar-refractivity contribution in [3.63, 3.8) is 0 Å². The quantitative estimate of drug-likeness (QED) is 0.525. The Morgan fingerprint density at radius 2 is 1.85 bits per heavy atom. The molecule has 0 bridgehead atoms. The van der Waals surface area contributed by atoms with Crippen LogP contribution >= 0.6 is 0 Å². The third-order valence-corrected chi connectivity index (χ3v) is 8.06. The lowest BCUT2D eigenvalue weighted by molar-refractivity contribution is -0.128. The van der Waals surface area contributed by atoms with Gasteiger partial charge in [0.2, 0.25) is 5.91 Å². The van der Waals surface area contributed by atoms with Crippen LogP contribution in [0, 0.1) is 25.2 Å². The number of carbonyl (C=O) groups excluding carboxylic acids is 2. The highest BCUT2D eigenvalue weighted by molar-refractivity contribution is 5.86. The van der Waals surface area contributed by atoms with Crippen molar-refractivity contribution in [3.05, 3.63) is 46.5 Å². The molecule has 0 spiro atoms. The lowest BCUT2D eigenvalue weighted by Gasteiger charge is -2.23. The number of hydrogen-bond acceptors (Lipinski definition) is 4. The third-order valence-electron chi connectivity index (χ3n) is 8.06. The summed E-state index contributed by atoms with van der Waals surface area (Å²) < 4.78 is 2.33. The summed E-state index contributed by atoms with van der Waals surface area (Å²) in [6.07, 6.45) is 5.76. The predicted molar refractivity (Wildman–Crippen MR) is 134 cm³/mol. The van der Waals surface area contributed by atoms with E-state index in [1.54, 1.807) is 6.92 Å². The molecular weight excluding hydrogens is 424 g/mol. The number of aryl methyl sites for hydroxylation is 3. The fraction of sp³-hybridized carbons (Fsp3) is 0.643. The highest BCUT2D eigenvalue weighted by Gasteiger charge is 2.44. The molecule has 2 fully saturated rings. The zero-order chi connectivity index (χ0) is 24.6. The Labute approximate surface area is 204 Å². The molecule has 2 aromatic rings. The summed E-state index contributed by atoms with van der Waals surface area (Å²) in [5.74, 6) is 1.83. The maximum absolute atomic E-state index is 13.6. The molecule has 1 aliphatic heterocycles. The van der Waals surface area contributed by atoms with Gasteiger partial charge in [-0.2, -0.15) is 0 Å². The average Bonchev–Trinajstić information content (AvgIpc) is 3.37. The number of aromatic nitrogens is 3. The maximum atomic E-state index is 13.6. The van der Waals surface area contributed by atoms with E-state index in [-0.39, 0.29) is 28.9 Å². The molecule has 34 heavy (non-hydrogen) atoms. The Bertz CT molecular complexity index is 1070. The molecule has 2 atom stereocenters. The van der Waals surface area contributed by atoms with E-state index in [1.165, 1.54) is 5.56 Å². The van der Waals surface area contributed by atoms with Gasteiger partial charge in [0.25, 0.3) is 0 Å². The molecule has 1 saturated carbocycles. The van der Waals surface area contributed by atoms with E-state index >= 15 is 0 Å². The Morgan fingerprint density at radius 3 is 2.47 bits per heavy atom. The molecule has 184 valence electrons. The van der Waals surface area contributed by atoms with Gasteiger partial charge in [0, 0.05) is 50.7 Å². The Morgan fingerprint density at radius 1 is 1.12 bits per heavy atom. The van der Waals surface area contributed by atoms with Gasteiger partial charge in [0.05, 0.1) is 0 Å². The summed E-state index contributed by atoms with van der Waals surface area (Å²) in [5.41, 5.74) is 3.69. The van der Waals surface area contributed by atoms with Crippen molar-refractivity contribution in [1.82, 2.24) is 19.7 Å². The minimum atomic E-state index is -0.244. The Hall–Kier alpha value is -2.50. The molecule has 6 heteroatoms. The first-order valence-electron chi connectivity index (χ1n) is 12.9. The topological polar surface area (TPSA) is 68.1 Å². The van der Waals surface area contributed by atoms with Crippen molar-refractivity contribution in [1.29, 1.82) is 0 Å². The molecule has 4 rings (SSSR count). The van der Waals surface area contributed by atoms with E-state index in [4.69, 9.17) is 0 Å². The number of carbonyl (C=O) groups is 2. The second kappa shape index (κ2) is 9.63. The summed E-state index contributed by atoms with van der Waals surface area (Å²) >= 11 is 0. The smallest absolute Gasteiger partial charge is 0.219 e. The van der Waals surface area contributed by atoms with Crippen LogP contribution in [0.5, 0.6) is 0 Å². The zero-order valence-electron chi connectivity index (χ0n) is 21.7. The number of hydrogen-bond donors (Lipinski definition) is 0. The van der Waals surface area contributed by atoms with Crippen molar-refractivity contribution in [2.75, 3.05) is 13.1 Å². The second-order valence-electron chi connectivity index (χ2n) is 11.3. The van der Waals surface area contributed by atoms with Crippen molar-refractivity contribution in [2.24, 2.45) is 11.3 Å². The van der Waals surface area contributed by atoms with Crippen LogP contribution in [-0.2, 0) is 22.4 Å². The summed E-state index contributed by atoms with van der Waals surface area (Å²) in [6.45, 7) is 13.6. The first-order valence-corrected chi connectivity index (χ1v) is 12.9. The molecule has 0 radical (unpaired) electrons. The highest BCUT2D eigenvalue weighted by Crippen LogP contribution is 2.42. The number of ketones is 1. The van der Waals surface area contributed by atoms with Gasteiger partial charge in [-0.15, -0.1) is 10.2 Å². The molecule has 0 unspecified atom stereocenters. The third kappa shape index (κ3) is 5.26. The lowest BCUT2D eigenvalue weighted by atomic mass is 9.85. The number of nitrogens with zero attached hydrogens (tertiary/aromatic N) is 4. The molecule has 1 amide bonds. The SMILES string of the molecule is CCC(C)(C)CCc1nnc([C@H]2CN(C(C)=O)C[C@@H]2C(=O)Cc2ccc(C)cc2C)n1C1CC1.